The molecule has 0 radical (unpaired) electrons. The summed E-state index contributed by atoms with van der Waals surface area (Å²) < 4.78 is 11.5. The Labute approximate surface area is 170 Å². The van der Waals surface area contributed by atoms with Crippen molar-refractivity contribution in [2.24, 2.45) is 0 Å². The smallest absolute Gasteiger partial charge is 0.410 e. The standard InChI is InChI=1S/C22H27N3O4/c1-22(2,3)29-21(27)25-10-8-14(25)13-28-20-12-23-9-7-15(20)18-11-16-17(24-18)5-4-6-19(16)26/h7,9,11-12,14,24H,4-6,8,10,13H2,1-3H3/t14-/m1/s1. The molecule has 1 aliphatic carbocycles. The van der Waals surface area contributed by atoms with Gasteiger partial charge in [-0.05, 0) is 52.2 Å². The fourth-order valence-electron chi connectivity index (χ4n) is 3.73. The molecular weight excluding hydrogens is 370 g/mol. The van der Waals surface area contributed by atoms with Crippen molar-refractivity contribution in [3.8, 4) is 17.0 Å². The summed E-state index contributed by atoms with van der Waals surface area (Å²) in [7, 11) is 0. The number of rotatable bonds is 4. The molecule has 0 bridgehead atoms. The van der Waals surface area contributed by atoms with Gasteiger partial charge in [0, 0.05) is 36.0 Å². The molecule has 1 aliphatic heterocycles. The Kier molecular flexibility index (Phi) is 5.06. The Bertz CT molecular complexity index is 928. The lowest BCUT2D eigenvalue weighted by molar-refractivity contribution is -0.0141. The van der Waals surface area contributed by atoms with E-state index in [1.54, 1.807) is 17.3 Å². The highest BCUT2D eigenvalue weighted by Gasteiger charge is 2.35. The van der Waals surface area contributed by atoms with Crippen LogP contribution < -0.4 is 4.74 Å². The highest BCUT2D eigenvalue weighted by atomic mass is 16.6. The molecule has 1 amide bonds. The van der Waals surface area contributed by atoms with Crippen molar-refractivity contribution in [1.82, 2.24) is 14.9 Å². The first-order valence-electron chi connectivity index (χ1n) is 10.1. The fraction of sp³-hybridized carbons (Fsp3) is 0.500. The molecule has 7 nitrogen and oxygen atoms in total. The van der Waals surface area contributed by atoms with Crippen molar-refractivity contribution in [1.29, 1.82) is 0 Å². The van der Waals surface area contributed by atoms with E-state index in [0.29, 0.717) is 25.3 Å². The lowest BCUT2D eigenvalue weighted by Crippen LogP contribution is -2.55. The molecule has 3 heterocycles. The third-order valence-electron chi connectivity index (χ3n) is 5.31. The molecule has 0 saturated carbocycles. The van der Waals surface area contributed by atoms with Gasteiger partial charge in [0.2, 0.25) is 0 Å². The summed E-state index contributed by atoms with van der Waals surface area (Å²) in [6.45, 7) is 6.63. The number of ether oxygens (including phenoxy) is 2. The highest BCUT2D eigenvalue weighted by molar-refractivity contribution is 5.99. The van der Waals surface area contributed by atoms with Crippen LogP contribution in [0.3, 0.4) is 0 Å². The molecule has 0 spiro atoms. The largest absolute Gasteiger partial charge is 0.489 e. The molecule has 0 unspecified atom stereocenters. The van der Waals surface area contributed by atoms with Gasteiger partial charge < -0.3 is 19.4 Å². The molecular formula is C22H27N3O4. The van der Waals surface area contributed by atoms with Crippen LogP contribution in [0.5, 0.6) is 5.75 Å². The fourth-order valence-corrected chi connectivity index (χ4v) is 3.73. The van der Waals surface area contributed by atoms with E-state index in [0.717, 1.165) is 41.8 Å². The van der Waals surface area contributed by atoms with Gasteiger partial charge in [-0.3, -0.25) is 9.78 Å². The number of ketones is 1. The highest BCUT2D eigenvalue weighted by Crippen LogP contribution is 2.33. The summed E-state index contributed by atoms with van der Waals surface area (Å²) in [4.78, 5) is 33.7. The number of fused-ring (bicyclic) bond motifs is 1. The molecule has 0 aromatic carbocycles. The second-order valence-electron chi connectivity index (χ2n) is 8.65. The number of H-pyrrole nitrogens is 1. The van der Waals surface area contributed by atoms with Gasteiger partial charge in [-0.15, -0.1) is 0 Å². The zero-order chi connectivity index (χ0) is 20.6. The monoisotopic (exact) mass is 397 g/mol. The van der Waals surface area contributed by atoms with E-state index in [1.807, 2.05) is 32.9 Å². The van der Waals surface area contributed by atoms with Crippen LogP contribution in [0.1, 0.15) is 56.1 Å². The Morgan fingerprint density at radius 2 is 2.14 bits per heavy atom. The topological polar surface area (TPSA) is 84.5 Å². The maximum absolute atomic E-state index is 12.3. The number of carbonyl (C=O) groups is 2. The molecule has 1 fully saturated rings. The number of likely N-dealkylation sites (tertiary alicyclic amines) is 1. The maximum Gasteiger partial charge on any atom is 0.410 e. The lowest BCUT2D eigenvalue weighted by Gasteiger charge is -2.41. The van der Waals surface area contributed by atoms with Gasteiger partial charge in [-0.2, -0.15) is 0 Å². The van der Waals surface area contributed by atoms with Crippen LogP contribution in [0.4, 0.5) is 4.79 Å². The Balaban J connectivity index is 1.46. The van der Waals surface area contributed by atoms with Crippen molar-refractivity contribution in [3.05, 3.63) is 35.8 Å². The quantitative estimate of drug-likeness (QED) is 0.843. The molecule has 1 saturated heterocycles. The number of nitrogens with one attached hydrogen (secondary N) is 1. The number of carbonyl (C=O) groups excluding carboxylic acids is 2. The van der Waals surface area contributed by atoms with Gasteiger partial charge in [-0.25, -0.2) is 4.79 Å². The van der Waals surface area contributed by atoms with Crippen LogP contribution >= 0.6 is 0 Å². The Hall–Kier alpha value is -2.83. The summed E-state index contributed by atoms with van der Waals surface area (Å²) in [6.07, 6.45) is 6.32. The number of aryl methyl sites for hydroxylation is 1. The third-order valence-corrected chi connectivity index (χ3v) is 5.31. The molecule has 4 rings (SSSR count). The van der Waals surface area contributed by atoms with E-state index in [1.165, 1.54) is 0 Å². The van der Waals surface area contributed by atoms with Gasteiger partial charge in [0.25, 0.3) is 0 Å². The van der Waals surface area contributed by atoms with Crippen molar-refractivity contribution >= 4 is 11.9 Å². The zero-order valence-electron chi connectivity index (χ0n) is 17.2. The molecule has 29 heavy (non-hydrogen) atoms. The van der Waals surface area contributed by atoms with Crippen molar-refractivity contribution in [3.63, 3.8) is 0 Å². The first kappa shape index (κ1) is 19.5. The summed E-state index contributed by atoms with van der Waals surface area (Å²) >= 11 is 0. The van der Waals surface area contributed by atoms with Gasteiger partial charge >= 0.3 is 6.09 Å². The van der Waals surface area contributed by atoms with E-state index in [2.05, 4.69) is 9.97 Å². The number of aromatic amines is 1. The average molecular weight is 397 g/mol. The zero-order valence-corrected chi connectivity index (χ0v) is 17.2. The van der Waals surface area contributed by atoms with Gasteiger partial charge in [0.05, 0.1) is 17.9 Å². The molecule has 1 N–H and O–H groups in total. The van der Waals surface area contributed by atoms with Crippen LogP contribution in [0.15, 0.2) is 24.5 Å². The Morgan fingerprint density at radius 3 is 2.83 bits per heavy atom. The second-order valence-corrected chi connectivity index (χ2v) is 8.65. The van der Waals surface area contributed by atoms with Crippen molar-refractivity contribution in [2.45, 2.75) is 58.1 Å². The van der Waals surface area contributed by atoms with Crippen LogP contribution in [-0.2, 0) is 11.2 Å². The number of pyridine rings is 1. The predicted molar refractivity (Wildman–Crippen MR) is 108 cm³/mol. The summed E-state index contributed by atoms with van der Waals surface area (Å²) in [5.74, 6) is 0.822. The van der Waals surface area contributed by atoms with Crippen LogP contribution in [-0.4, -0.2) is 51.5 Å². The van der Waals surface area contributed by atoms with E-state index in [-0.39, 0.29) is 17.9 Å². The van der Waals surface area contributed by atoms with Crippen LogP contribution in [0, 0.1) is 0 Å². The molecule has 2 aromatic heterocycles. The number of amides is 1. The maximum atomic E-state index is 12.3. The third kappa shape index (κ3) is 4.13. The summed E-state index contributed by atoms with van der Waals surface area (Å²) in [6, 6.07) is 3.77. The molecule has 154 valence electrons. The lowest BCUT2D eigenvalue weighted by atomic mass is 9.97. The minimum Gasteiger partial charge on any atom is -0.489 e. The van der Waals surface area contributed by atoms with Crippen LogP contribution in [0.2, 0.25) is 0 Å². The number of aromatic nitrogens is 2. The summed E-state index contributed by atoms with van der Waals surface area (Å²) in [5.41, 5.74) is 2.99. The average Bonchev–Trinajstić information content (AvgIpc) is 3.05. The van der Waals surface area contributed by atoms with Gasteiger partial charge in [0.1, 0.15) is 18.0 Å². The SMILES string of the molecule is CC(C)(C)OC(=O)N1CC[C@@H]1COc1cnccc1-c1cc2c([nH]1)CCCC2=O. The Morgan fingerprint density at radius 1 is 1.31 bits per heavy atom. The van der Waals surface area contributed by atoms with Crippen LogP contribution in [0.25, 0.3) is 11.3 Å². The summed E-state index contributed by atoms with van der Waals surface area (Å²) in [5, 5.41) is 0. The van der Waals surface area contributed by atoms with Gasteiger partial charge in [0.15, 0.2) is 5.78 Å². The molecule has 7 heteroatoms. The predicted octanol–water partition coefficient (Wildman–Crippen LogP) is 3.98. The molecule has 1 atom stereocenters. The first-order valence-corrected chi connectivity index (χ1v) is 10.1. The molecule has 2 aromatic rings. The van der Waals surface area contributed by atoms with E-state index < -0.39 is 5.60 Å². The van der Waals surface area contributed by atoms with Crippen molar-refractivity contribution < 1.29 is 19.1 Å². The number of hydrogen-bond acceptors (Lipinski definition) is 5. The minimum atomic E-state index is -0.515. The molecule has 2 aliphatic rings. The van der Waals surface area contributed by atoms with E-state index in [4.69, 9.17) is 9.47 Å². The van der Waals surface area contributed by atoms with Gasteiger partial charge in [-0.1, -0.05) is 0 Å². The first-order chi connectivity index (χ1) is 13.8. The second kappa shape index (κ2) is 7.54. The van der Waals surface area contributed by atoms with E-state index >= 15 is 0 Å². The number of nitrogens with zero attached hydrogens (tertiary/aromatic N) is 2. The number of Topliss-reactive ketones (excluding diaryl/α,β-unsaturated/α-hetero) is 1. The number of hydrogen-bond donors (Lipinski definition) is 1. The van der Waals surface area contributed by atoms with E-state index in [9.17, 15) is 9.59 Å². The minimum absolute atomic E-state index is 0.0173. The van der Waals surface area contributed by atoms with Crippen molar-refractivity contribution in [2.75, 3.05) is 13.2 Å². The normalized spacial score (nSPS) is 18.8.